The first-order valence-corrected chi connectivity index (χ1v) is 12.0. The van der Waals surface area contributed by atoms with E-state index in [9.17, 15) is 9.59 Å². The fourth-order valence-electron chi connectivity index (χ4n) is 4.36. The Morgan fingerprint density at radius 1 is 1.06 bits per heavy atom. The SMILES string of the molecule is CCCCN(CC(=O)N1c2ccccc2-n2cccc2[C@H]1c1cccc(Cl)c1)C(=O)[C@H](C)Cl. The topological polar surface area (TPSA) is 45.6 Å². The summed E-state index contributed by atoms with van der Waals surface area (Å²) in [6.07, 6.45) is 3.72. The lowest BCUT2D eigenvalue weighted by atomic mass is 9.97. The molecule has 7 heteroatoms. The number of hydrogen-bond acceptors (Lipinski definition) is 2. The Labute approximate surface area is 204 Å². The van der Waals surface area contributed by atoms with Gasteiger partial charge in [-0.2, -0.15) is 0 Å². The average Bonchev–Trinajstić information content (AvgIpc) is 3.30. The quantitative estimate of drug-likeness (QED) is 0.397. The number of benzene rings is 2. The fourth-order valence-corrected chi connectivity index (χ4v) is 4.70. The molecule has 0 aliphatic carbocycles. The molecule has 2 aromatic carbocycles. The highest BCUT2D eigenvalue weighted by molar-refractivity contribution is 6.31. The molecule has 0 radical (unpaired) electrons. The van der Waals surface area contributed by atoms with E-state index in [1.54, 1.807) is 16.7 Å². The second-order valence-electron chi connectivity index (χ2n) is 8.24. The summed E-state index contributed by atoms with van der Waals surface area (Å²) in [6.45, 7) is 4.15. The van der Waals surface area contributed by atoms with Crippen LogP contribution in [0.2, 0.25) is 5.02 Å². The number of rotatable bonds is 7. The van der Waals surface area contributed by atoms with Crippen molar-refractivity contribution >= 4 is 40.7 Å². The van der Waals surface area contributed by atoms with Gasteiger partial charge in [0.05, 0.1) is 17.1 Å². The van der Waals surface area contributed by atoms with E-state index >= 15 is 0 Å². The standard InChI is InChI=1S/C26H27Cl2N3O2/c1-3-4-14-29(26(33)18(2)27)17-24(32)31-22-12-6-5-11-21(22)30-15-8-13-23(30)25(31)19-9-7-10-20(28)16-19/h5-13,15-16,18,25H,3-4,14,17H2,1-2H3/t18-,25+/m0/s1. The van der Waals surface area contributed by atoms with Crippen LogP contribution in [0.5, 0.6) is 0 Å². The Kier molecular flexibility index (Phi) is 7.11. The van der Waals surface area contributed by atoms with Crippen molar-refractivity contribution in [3.05, 3.63) is 83.1 Å². The summed E-state index contributed by atoms with van der Waals surface area (Å²) in [6, 6.07) is 19.0. The van der Waals surface area contributed by atoms with Crippen molar-refractivity contribution in [3.8, 4) is 5.69 Å². The van der Waals surface area contributed by atoms with Crippen LogP contribution in [-0.4, -0.2) is 39.7 Å². The lowest BCUT2D eigenvalue weighted by Crippen LogP contribution is -2.48. The number of fused-ring (bicyclic) bond motifs is 3. The molecule has 0 fully saturated rings. The third kappa shape index (κ3) is 4.66. The zero-order valence-electron chi connectivity index (χ0n) is 18.7. The maximum atomic E-state index is 13.9. The molecular weight excluding hydrogens is 457 g/mol. The molecule has 3 aromatic rings. The normalized spacial score (nSPS) is 15.5. The van der Waals surface area contributed by atoms with Gasteiger partial charge in [0.25, 0.3) is 0 Å². The van der Waals surface area contributed by atoms with E-state index in [4.69, 9.17) is 23.2 Å². The Bertz CT molecular complexity index is 1160. The number of aromatic nitrogens is 1. The predicted octanol–water partition coefficient (Wildman–Crippen LogP) is 5.82. The summed E-state index contributed by atoms with van der Waals surface area (Å²) in [5.74, 6) is -0.395. The third-order valence-corrected chi connectivity index (χ3v) is 6.33. The zero-order valence-corrected chi connectivity index (χ0v) is 20.3. The lowest BCUT2D eigenvalue weighted by molar-refractivity contribution is -0.134. The number of halogens is 2. The van der Waals surface area contributed by atoms with Crippen LogP contribution in [-0.2, 0) is 9.59 Å². The van der Waals surface area contributed by atoms with E-state index in [0.717, 1.165) is 35.5 Å². The molecule has 5 nitrogen and oxygen atoms in total. The van der Waals surface area contributed by atoms with Crippen LogP contribution in [0.15, 0.2) is 66.9 Å². The maximum Gasteiger partial charge on any atom is 0.247 e. The number of alkyl halides is 1. The first kappa shape index (κ1) is 23.4. The summed E-state index contributed by atoms with van der Waals surface area (Å²) in [5, 5.41) is -0.0863. The van der Waals surface area contributed by atoms with Crippen LogP contribution >= 0.6 is 23.2 Å². The molecule has 172 valence electrons. The first-order valence-electron chi connectivity index (χ1n) is 11.2. The highest BCUT2D eigenvalue weighted by Crippen LogP contribution is 2.42. The van der Waals surface area contributed by atoms with Crippen LogP contribution in [0.4, 0.5) is 5.69 Å². The van der Waals surface area contributed by atoms with Crippen LogP contribution in [0.3, 0.4) is 0 Å². The van der Waals surface area contributed by atoms with Crippen LogP contribution in [0.25, 0.3) is 5.69 Å². The van der Waals surface area contributed by atoms with Gasteiger partial charge in [0.2, 0.25) is 11.8 Å². The van der Waals surface area contributed by atoms with E-state index in [-0.39, 0.29) is 24.4 Å². The van der Waals surface area contributed by atoms with Gasteiger partial charge in [-0.3, -0.25) is 14.5 Å². The Balaban J connectivity index is 1.79. The minimum absolute atomic E-state index is 0.0397. The van der Waals surface area contributed by atoms with Crippen LogP contribution < -0.4 is 4.90 Å². The van der Waals surface area contributed by atoms with Gasteiger partial charge in [0, 0.05) is 17.8 Å². The molecule has 33 heavy (non-hydrogen) atoms. The smallest absolute Gasteiger partial charge is 0.247 e. The molecule has 1 aliphatic heterocycles. The van der Waals surface area contributed by atoms with Crippen molar-refractivity contribution in [2.45, 2.75) is 38.1 Å². The van der Waals surface area contributed by atoms with Crippen LogP contribution in [0.1, 0.15) is 44.0 Å². The molecule has 0 unspecified atom stereocenters. The Morgan fingerprint density at radius 3 is 2.52 bits per heavy atom. The molecule has 0 saturated heterocycles. The second-order valence-corrected chi connectivity index (χ2v) is 9.33. The minimum atomic E-state index is -0.691. The summed E-state index contributed by atoms with van der Waals surface area (Å²) in [7, 11) is 0. The number of carbonyl (C=O) groups is 2. The number of amides is 2. The van der Waals surface area contributed by atoms with E-state index in [2.05, 4.69) is 11.5 Å². The van der Waals surface area contributed by atoms with Crippen molar-refractivity contribution in [1.82, 2.24) is 9.47 Å². The Hall–Kier alpha value is -2.76. The van der Waals surface area contributed by atoms with E-state index in [1.165, 1.54) is 0 Å². The zero-order chi connectivity index (χ0) is 23.5. The average molecular weight is 484 g/mol. The summed E-state index contributed by atoms with van der Waals surface area (Å²) in [4.78, 5) is 30.0. The molecule has 0 saturated carbocycles. The molecule has 1 aliphatic rings. The number of nitrogens with zero attached hydrogens (tertiary/aromatic N) is 3. The Morgan fingerprint density at radius 2 is 1.82 bits per heavy atom. The van der Waals surface area contributed by atoms with Crippen molar-refractivity contribution in [1.29, 1.82) is 0 Å². The minimum Gasteiger partial charge on any atom is -0.332 e. The summed E-state index contributed by atoms with van der Waals surface area (Å²) in [5.41, 5.74) is 3.57. The van der Waals surface area contributed by atoms with Gasteiger partial charge in [-0.05, 0) is 55.3 Å². The number of unbranched alkanes of at least 4 members (excludes halogenated alkanes) is 1. The summed E-state index contributed by atoms with van der Waals surface area (Å²) >= 11 is 12.4. The van der Waals surface area contributed by atoms with Gasteiger partial charge in [0.1, 0.15) is 18.0 Å². The van der Waals surface area contributed by atoms with Gasteiger partial charge in [-0.1, -0.05) is 49.2 Å². The number of carbonyl (C=O) groups excluding carboxylic acids is 2. The third-order valence-electron chi connectivity index (χ3n) is 5.91. The van der Waals surface area contributed by atoms with Crippen LogP contribution in [0, 0.1) is 0 Å². The highest BCUT2D eigenvalue weighted by Gasteiger charge is 2.37. The largest absolute Gasteiger partial charge is 0.332 e. The van der Waals surface area contributed by atoms with Gasteiger partial charge >= 0.3 is 0 Å². The van der Waals surface area contributed by atoms with E-state index in [1.807, 2.05) is 66.9 Å². The van der Waals surface area contributed by atoms with E-state index in [0.29, 0.717) is 11.6 Å². The van der Waals surface area contributed by atoms with Gasteiger partial charge in [-0.15, -0.1) is 11.6 Å². The van der Waals surface area contributed by atoms with Crippen molar-refractivity contribution < 1.29 is 9.59 Å². The molecule has 2 amide bonds. The number of anilines is 1. The van der Waals surface area contributed by atoms with Crippen molar-refractivity contribution in [3.63, 3.8) is 0 Å². The molecule has 2 heterocycles. The maximum absolute atomic E-state index is 13.9. The molecule has 0 bridgehead atoms. The van der Waals surface area contributed by atoms with Gasteiger partial charge < -0.3 is 9.47 Å². The molecule has 2 atom stereocenters. The molecule has 0 N–H and O–H groups in total. The molecular formula is C26H27Cl2N3O2. The highest BCUT2D eigenvalue weighted by atomic mass is 35.5. The fraction of sp³-hybridized carbons (Fsp3) is 0.308. The monoisotopic (exact) mass is 483 g/mol. The second kappa shape index (κ2) is 10.0. The lowest BCUT2D eigenvalue weighted by Gasteiger charge is -2.39. The van der Waals surface area contributed by atoms with Crippen molar-refractivity contribution in [2.75, 3.05) is 18.0 Å². The molecule has 0 spiro atoms. The number of hydrogen-bond donors (Lipinski definition) is 0. The number of para-hydroxylation sites is 2. The predicted molar refractivity (Wildman–Crippen MR) is 133 cm³/mol. The van der Waals surface area contributed by atoms with E-state index < -0.39 is 5.38 Å². The first-order chi connectivity index (χ1) is 15.9. The molecule has 4 rings (SSSR count). The van der Waals surface area contributed by atoms with Gasteiger partial charge in [0.15, 0.2) is 0 Å². The summed E-state index contributed by atoms with van der Waals surface area (Å²) < 4.78 is 2.10. The van der Waals surface area contributed by atoms with Crippen molar-refractivity contribution in [2.24, 2.45) is 0 Å². The molecule has 1 aromatic heterocycles. The van der Waals surface area contributed by atoms with Gasteiger partial charge in [-0.25, -0.2) is 0 Å².